The summed E-state index contributed by atoms with van der Waals surface area (Å²) in [6.07, 6.45) is 26.0. The van der Waals surface area contributed by atoms with Crippen molar-refractivity contribution in [2.45, 2.75) is 94.3 Å². The van der Waals surface area contributed by atoms with Gasteiger partial charge >= 0.3 is 15.4 Å². The Morgan fingerprint density at radius 2 is 0.942 bits per heavy atom. The fourth-order valence-corrected chi connectivity index (χ4v) is 7.28. The van der Waals surface area contributed by atoms with Gasteiger partial charge in [0, 0.05) is 6.66 Å². The summed E-state index contributed by atoms with van der Waals surface area (Å²) in [5.74, 6) is -0.667. The van der Waals surface area contributed by atoms with Gasteiger partial charge in [0.1, 0.15) is 12.2 Å². The summed E-state index contributed by atoms with van der Waals surface area (Å²) in [5.41, 5.74) is 5.88. The minimum absolute atomic E-state index is 0.175. The molecule has 2 rings (SSSR count). The fourth-order valence-electron chi connectivity index (χ4n) is 6.14. The Bertz CT molecular complexity index is 1690. The molecular weight excluding hydrogens is 698 g/mol. The predicted octanol–water partition coefficient (Wildman–Crippen LogP) is 9.86. The maximum atomic E-state index is 12.8. The normalized spacial score (nSPS) is 24.2. The van der Waals surface area contributed by atoms with Gasteiger partial charge in [-0.3, -0.25) is 23.2 Å². The van der Waals surface area contributed by atoms with E-state index in [1.165, 1.54) is 0 Å². The molecule has 0 aliphatic heterocycles. The van der Waals surface area contributed by atoms with Crippen LogP contribution in [-0.4, -0.2) is 45.1 Å². The molecule has 0 heterocycles. The smallest absolute Gasteiger partial charge is 0.324 e. The largest absolute Gasteiger partial charge is 0.470 e. The monoisotopic (exact) mass is 754 g/mol. The molecule has 52 heavy (non-hydrogen) atoms. The van der Waals surface area contributed by atoms with Crippen LogP contribution in [-0.2, 0) is 27.8 Å². The Balaban J connectivity index is 1.99. The van der Waals surface area contributed by atoms with E-state index in [1.807, 2.05) is 140 Å². The minimum atomic E-state index is -4.78. The number of carbonyl (C=O) groups excluding carboxylic acids is 2. The number of carbonyl (C=O) groups is 2. The van der Waals surface area contributed by atoms with E-state index >= 15 is 0 Å². The molecule has 3 N–H and O–H groups in total. The lowest BCUT2D eigenvalue weighted by Crippen LogP contribution is -2.37. The first-order valence-electron chi connectivity index (χ1n) is 17.1. The van der Waals surface area contributed by atoms with Crippen LogP contribution in [0.2, 0.25) is 0 Å². The maximum Gasteiger partial charge on any atom is 0.470 e. The number of allylic oxidation sites excluding steroid dienone is 20. The van der Waals surface area contributed by atoms with Crippen molar-refractivity contribution in [3.63, 3.8) is 0 Å². The molecule has 0 fully saturated rings. The third-order valence-corrected chi connectivity index (χ3v) is 10.0. The highest BCUT2D eigenvalue weighted by atomic mass is 31.2. The molecule has 2 aliphatic rings. The lowest BCUT2D eigenvalue weighted by atomic mass is 9.71. The van der Waals surface area contributed by atoms with Gasteiger partial charge in [0.25, 0.3) is 0 Å². The molecule has 0 saturated carbocycles. The van der Waals surface area contributed by atoms with E-state index in [0.29, 0.717) is 17.6 Å². The van der Waals surface area contributed by atoms with E-state index in [4.69, 9.17) is 9.05 Å². The standard InChI is InChI=1S/C41H56O9P2/c1-28(18-14-20-30(3)22-24-34-32(5)38(42)36(26-40(34,7)8)49-51(11,44)45)16-12-13-17-29(2)19-15-21-31(4)23-25-35-33(6)39(43)37(27-41(35,9)10)50-52(46,47)48/h12-25,36-37H,26-27H2,1-11H3,(H,44,45)(H2,46,47,48)/b13-12+,18-14+,19-15+,24-22+,25-23+,28-16+,29-17+,30-20+,31-21+. The predicted molar refractivity (Wildman–Crippen MR) is 210 cm³/mol. The SMILES string of the molecule is CC1=C(/C=C/C(C)=C/C=C/C(C)=C/C=C/C=C(C)/C=C/C=C(C)/C=C/C2=C(C)C(=O)C(OP(=O)(O)O)CC2(C)C)C(C)(C)CC(OP(C)(=O)O)C1=O. The molecule has 0 aromatic rings. The van der Waals surface area contributed by atoms with Gasteiger partial charge in [0.2, 0.25) is 0 Å². The lowest BCUT2D eigenvalue weighted by molar-refractivity contribution is -0.125. The number of hydrogen-bond donors (Lipinski definition) is 3. The lowest BCUT2D eigenvalue weighted by Gasteiger charge is -2.36. The summed E-state index contributed by atoms with van der Waals surface area (Å²) in [6, 6.07) is 0. The highest BCUT2D eigenvalue weighted by molar-refractivity contribution is 7.52. The highest BCUT2D eigenvalue weighted by Gasteiger charge is 2.42. The van der Waals surface area contributed by atoms with Crippen LogP contribution >= 0.6 is 15.4 Å². The van der Waals surface area contributed by atoms with Crippen LogP contribution in [0.4, 0.5) is 0 Å². The molecule has 0 amide bonds. The van der Waals surface area contributed by atoms with Gasteiger partial charge in [-0.05, 0) is 87.5 Å². The van der Waals surface area contributed by atoms with E-state index in [9.17, 15) is 33.4 Å². The second-order valence-electron chi connectivity index (χ2n) is 14.9. The number of phosphoric ester groups is 1. The molecule has 0 saturated heterocycles. The van der Waals surface area contributed by atoms with E-state index < -0.39 is 44.2 Å². The van der Waals surface area contributed by atoms with Gasteiger partial charge in [0.15, 0.2) is 11.6 Å². The van der Waals surface area contributed by atoms with Crippen LogP contribution in [0.3, 0.4) is 0 Å². The van der Waals surface area contributed by atoms with Crippen molar-refractivity contribution < 1.29 is 42.4 Å². The third kappa shape index (κ3) is 14.6. The maximum absolute atomic E-state index is 12.8. The zero-order valence-electron chi connectivity index (χ0n) is 32.3. The van der Waals surface area contributed by atoms with Crippen molar-refractivity contribution in [2.24, 2.45) is 10.8 Å². The Morgan fingerprint density at radius 1 is 0.615 bits per heavy atom. The summed E-state index contributed by atoms with van der Waals surface area (Å²) in [7, 11) is -8.56. The van der Waals surface area contributed by atoms with Crippen LogP contribution in [0, 0.1) is 10.8 Å². The second kappa shape index (κ2) is 18.7. The first kappa shape index (κ1) is 44.9. The molecule has 0 bridgehead atoms. The average Bonchev–Trinajstić information content (AvgIpc) is 2.98. The summed E-state index contributed by atoms with van der Waals surface area (Å²) >= 11 is 0. The summed E-state index contributed by atoms with van der Waals surface area (Å²) in [6.45, 7) is 20.3. The highest BCUT2D eigenvalue weighted by Crippen LogP contribution is 2.48. The van der Waals surface area contributed by atoms with Gasteiger partial charge in [-0.15, -0.1) is 0 Å². The van der Waals surface area contributed by atoms with Gasteiger partial charge in [-0.25, -0.2) is 4.57 Å². The van der Waals surface area contributed by atoms with E-state index in [2.05, 4.69) is 0 Å². The van der Waals surface area contributed by atoms with Crippen LogP contribution in [0.1, 0.15) is 82.1 Å². The van der Waals surface area contributed by atoms with Crippen molar-refractivity contribution in [3.05, 3.63) is 130 Å². The van der Waals surface area contributed by atoms with Crippen LogP contribution in [0.5, 0.6) is 0 Å². The average molecular weight is 755 g/mol. The summed E-state index contributed by atoms with van der Waals surface area (Å²) in [4.78, 5) is 53.5. The zero-order valence-corrected chi connectivity index (χ0v) is 34.1. The molecular formula is C41H56O9P2. The van der Waals surface area contributed by atoms with Crippen LogP contribution in [0.25, 0.3) is 0 Å². The first-order valence-corrected chi connectivity index (χ1v) is 20.7. The Hall–Kier alpha value is -3.26. The molecule has 2 aliphatic carbocycles. The van der Waals surface area contributed by atoms with Gasteiger partial charge in [-0.1, -0.05) is 135 Å². The minimum Gasteiger partial charge on any atom is -0.324 e. The second-order valence-corrected chi connectivity index (χ2v) is 17.9. The van der Waals surface area contributed by atoms with Crippen molar-refractivity contribution in [1.29, 1.82) is 0 Å². The number of hydrogen-bond acceptors (Lipinski definition) is 6. The number of ketones is 2. The number of rotatable bonds is 14. The van der Waals surface area contributed by atoms with Crippen LogP contribution < -0.4 is 0 Å². The molecule has 0 radical (unpaired) electrons. The van der Waals surface area contributed by atoms with Gasteiger partial charge < -0.3 is 14.7 Å². The Kier molecular flexibility index (Phi) is 16.1. The van der Waals surface area contributed by atoms with Gasteiger partial charge in [-0.2, -0.15) is 0 Å². The first-order chi connectivity index (χ1) is 23.8. The summed E-state index contributed by atoms with van der Waals surface area (Å²) < 4.78 is 33.0. The van der Waals surface area contributed by atoms with Crippen molar-refractivity contribution in [2.75, 3.05) is 6.66 Å². The molecule has 0 aromatic heterocycles. The molecule has 11 heteroatoms. The Labute approximate surface area is 310 Å². The number of phosphoric acid groups is 1. The topological polar surface area (TPSA) is 147 Å². The summed E-state index contributed by atoms with van der Waals surface area (Å²) in [5, 5.41) is 0. The van der Waals surface area contributed by atoms with E-state index in [1.54, 1.807) is 13.8 Å². The molecule has 3 atom stereocenters. The van der Waals surface area contributed by atoms with Crippen LogP contribution in [0.15, 0.2) is 130 Å². The van der Waals surface area contributed by atoms with E-state index in [0.717, 1.165) is 40.1 Å². The molecule has 9 nitrogen and oxygen atoms in total. The van der Waals surface area contributed by atoms with Crippen molar-refractivity contribution in [3.8, 4) is 0 Å². The molecule has 3 unspecified atom stereocenters. The third-order valence-electron chi connectivity index (χ3n) is 8.86. The van der Waals surface area contributed by atoms with Gasteiger partial charge in [0.05, 0.1) is 0 Å². The number of Topliss-reactive ketones (excluding diaryl/α,β-unsaturated/α-hetero) is 2. The molecule has 0 aromatic carbocycles. The van der Waals surface area contributed by atoms with E-state index in [-0.39, 0.29) is 12.2 Å². The quantitative estimate of drug-likeness (QED) is 0.116. The van der Waals surface area contributed by atoms with Crippen molar-refractivity contribution in [1.82, 2.24) is 0 Å². The van der Waals surface area contributed by atoms with Crippen molar-refractivity contribution >= 4 is 27.0 Å². The zero-order chi connectivity index (χ0) is 39.7. The Morgan fingerprint density at radius 3 is 1.29 bits per heavy atom. The molecule has 0 spiro atoms. The fraction of sp³-hybridized carbons (Fsp3) is 0.415. The molecule has 284 valence electrons.